The molecule has 11 heteroatoms. The number of nitrogens with zero attached hydrogens (tertiary/aromatic N) is 2. The van der Waals surface area contributed by atoms with Crippen molar-refractivity contribution >= 4 is 38.9 Å². The second-order valence-corrected chi connectivity index (χ2v) is 9.22. The van der Waals surface area contributed by atoms with Gasteiger partial charge in [-0.15, -0.1) is 0 Å². The van der Waals surface area contributed by atoms with Crippen molar-refractivity contribution in [3.8, 4) is 17.4 Å². The predicted octanol–water partition coefficient (Wildman–Crippen LogP) is 5.26. The van der Waals surface area contributed by atoms with Gasteiger partial charge in [0.15, 0.2) is 6.61 Å². The molecule has 178 valence electrons. The molecule has 0 saturated carbocycles. The highest BCUT2D eigenvalue weighted by atomic mass is 79.9. The number of ether oxygens (including phenoxy) is 2. The number of carboxylic acids is 1. The minimum absolute atomic E-state index is 0.215. The first-order chi connectivity index (χ1) is 16.3. The molecule has 8 nitrogen and oxygen atoms in total. The van der Waals surface area contributed by atoms with E-state index in [1.54, 1.807) is 18.2 Å². The Kier molecular flexibility index (Phi) is 7.44. The molecule has 0 aliphatic heterocycles. The van der Waals surface area contributed by atoms with Crippen molar-refractivity contribution in [3.05, 3.63) is 76.1 Å². The topological polar surface area (TPSA) is 109 Å². The summed E-state index contributed by atoms with van der Waals surface area (Å²) in [6.07, 6.45) is 3.42. The summed E-state index contributed by atoms with van der Waals surface area (Å²) in [4.78, 5) is 15.2. The number of hydrogen-bond donors (Lipinski definition) is 2. The number of rotatable bonds is 8. The molecule has 34 heavy (non-hydrogen) atoms. The van der Waals surface area contributed by atoms with Crippen LogP contribution in [0.25, 0.3) is 0 Å². The molecule has 0 amide bonds. The lowest BCUT2D eigenvalue weighted by atomic mass is 9.87. The van der Waals surface area contributed by atoms with E-state index >= 15 is 0 Å². The summed E-state index contributed by atoms with van der Waals surface area (Å²) in [5, 5.41) is 8.95. The van der Waals surface area contributed by atoms with Gasteiger partial charge in [-0.3, -0.25) is 8.86 Å². The Morgan fingerprint density at radius 1 is 1.26 bits per heavy atom. The van der Waals surface area contributed by atoms with Gasteiger partial charge in [0.05, 0.1) is 22.4 Å². The molecule has 1 aliphatic rings. The fourth-order valence-corrected chi connectivity index (χ4v) is 5.05. The predicted molar refractivity (Wildman–Crippen MR) is 127 cm³/mol. The first-order valence-corrected chi connectivity index (χ1v) is 12.1. The van der Waals surface area contributed by atoms with Crippen LogP contribution < -0.4 is 13.8 Å². The number of fused-ring (bicyclic) bond motifs is 1. The number of aromatic nitrogens is 1. The highest BCUT2D eigenvalue weighted by molar-refractivity contribution is 9.10. The van der Waals surface area contributed by atoms with Gasteiger partial charge < -0.3 is 14.6 Å². The summed E-state index contributed by atoms with van der Waals surface area (Å²) in [6, 6.07) is 11.9. The molecule has 2 atom stereocenters. The van der Waals surface area contributed by atoms with Gasteiger partial charge in [-0.25, -0.2) is 18.4 Å². The van der Waals surface area contributed by atoms with Crippen molar-refractivity contribution in [2.75, 3.05) is 10.9 Å². The third-order valence-corrected chi connectivity index (χ3v) is 6.68. The van der Waals surface area contributed by atoms with Crippen LogP contribution in [0, 0.1) is 5.82 Å². The van der Waals surface area contributed by atoms with Crippen LogP contribution in [0.15, 0.2) is 59.2 Å². The zero-order chi connectivity index (χ0) is 24.2. The van der Waals surface area contributed by atoms with Gasteiger partial charge in [-0.2, -0.15) is 0 Å². The van der Waals surface area contributed by atoms with E-state index in [0.29, 0.717) is 34.5 Å². The van der Waals surface area contributed by atoms with Crippen molar-refractivity contribution in [1.29, 1.82) is 0 Å². The van der Waals surface area contributed by atoms with Crippen molar-refractivity contribution < 1.29 is 32.5 Å². The summed E-state index contributed by atoms with van der Waals surface area (Å²) in [6.45, 7) is -0.469. The van der Waals surface area contributed by atoms with Crippen molar-refractivity contribution in [3.63, 3.8) is 0 Å². The minimum atomic E-state index is -2.38. The Labute approximate surface area is 205 Å². The van der Waals surface area contributed by atoms with Gasteiger partial charge in [-0.05, 0) is 82.7 Å². The molecule has 4 rings (SSSR count). The second kappa shape index (κ2) is 10.5. The zero-order valence-electron chi connectivity index (χ0n) is 17.7. The quantitative estimate of drug-likeness (QED) is 0.368. The van der Waals surface area contributed by atoms with Gasteiger partial charge >= 0.3 is 5.97 Å². The maximum atomic E-state index is 13.1. The molecule has 0 spiro atoms. The standard InChI is InChI=1S/C23H20BrFN2O6S/c24-19-11-15(12-26-23(19)33-16-9-7-14(25)8-10-16)27(34(30)31)20-5-1-4-18-17(20)3-2-6-21(18)32-13-22(28)29/h2-3,6-12,20H,1,4-5,13H2,(H,28,29)(H,30,31). The number of aliphatic carboxylic acids is 1. The smallest absolute Gasteiger partial charge is 0.341 e. The van der Waals surface area contributed by atoms with Crippen LogP contribution in [0.3, 0.4) is 0 Å². The molecule has 2 aromatic carbocycles. The molecule has 2 N–H and O–H groups in total. The van der Waals surface area contributed by atoms with Gasteiger partial charge in [0.1, 0.15) is 17.3 Å². The van der Waals surface area contributed by atoms with Crippen molar-refractivity contribution in [1.82, 2.24) is 4.98 Å². The fourth-order valence-electron chi connectivity index (χ4n) is 3.91. The van der Waals surface area contributed by atoms with Crippen LogP contribution in [0.4, 0.5) is 10.1 Å². The summed E-state index contributed by atoms with van der Waals surface area (Å²) in [7, 11) is 0. The molecule has 1 aliphatic carbocycles. The molecular formula is C23H20BrFN2O6S. The van der Waals surface area contributed by atoms with Gasteiger partial charge in [-0.1, -0.05) is 12.1 Å². The molecule has 3 aromatic rings. The number of pyridine rings is 1. The highest BCUT2D eigenvalue weighted by Crippen LogP contribution is 2.42. The molecule has 0 radical (unpaired) electrons. The van der Waals surface area contributed by atoms with E-state index < -0.39 is 29.9 Å². The largest absolute Gasteiger partial charge is 0.482 e. The van der Waals surface area contributed by atoms with Crippen LogP contribution in [0.1, 0.15) is 30.0 Å². The van der Waals surface area contributed by atoms with E-state index in [4.69, 9.17) is 14.6 Å². The molecule has 1 aromatic heterocycles. The SMILES string of the molecule is O=C(O)COc1cccc2c1CCCC2N(c1cnc(Oc2ccc(F)cc2)c(Br)c1)S(=O)O. The molecule has 2 unspecified atom stereocenters. The Morgan fingerprint density at radius 3 is 2.71 bits per heavy atom. The highest BCUT2D eigenvalue weighted by Gasteiger charge is 2.32. The molecule has 0 saturated heterocycles. The number of benzene rings is 2. The molecule has 0 bridgehead atoms. The fraction of sp³-hybridized carbons (Fsp3) is 0.217. The van der Waals surface area contributed by atoms with Crippen LogP contribution >= 0.6 is 15.9 Å². The Bertz CT molecular complexity index is 1230. The lowest BCUT2D eigenvalue weighted by Gasteiger charge is -2.35. The van der Waals surface area contributed by atoms with Crippen LogP contribution in [0.2, 0.25) is 0 Å². The summed E-state index contributed by atoms with van der Waals surface area (Å²) >= 11 is 1.02. The number of carboxylic acid groups (broad SMARTS) is 1. The third-order valence-electron chi connectivity index (χ3n) is 5.31. The number of hydrogen-bond acceptors (Lipinski definition) is 5. The average Bonchev–Trinajstić information content (AvgIpc) is 2.81. The van der Waals surface area contributed by atoms with Gasteiger partial charge in [0, 0.05) is 0 Å². The zero-order valence-corrected chi connectivity index (χ0v) is 20.1. The summed E-state index contributed by atoms with van der Waals surface area (Å²) in [5.41, 5.74) is 1.99. The maximum Gasteiger partial charge on any atom is 0.341 e. The lowest BCUT2D eigenvalue weighted by molar-refractivity contribution is -0.139. The normalized spacial score (nSPS) is 15.8. The van der Waals surface area contributed by atoms with Crippen LogP contribution in [0.5, 0.6) is 17.4 Å². The maximum absolute atomic E-state index is 13.1. The molecular weight excluding hydrogens is 531 g/mol. The number of anilines is 1. The van der Waals surface area contributed by atoms with E-state index in [-0.39, 0.29) is 11.7 Å². The Hall–Kier alpha value is -3.02. The van der Waals surface area contributed by atoms with E-state index in [1.165, 1.54) is 34.8 Å². The van der Waals surface area contributed by atoms with Crippen molar-refractivity contribution in [2.24, 2.45) is 0 Å². The van der Waals surface area contributed by atoms with Crippen LogP contribution in [-0.2, 0) is 22.5 Å². The van der Waals surface area contributed by atoms with E-state index in [9.17, 15) is 17.9 Å². The molecule has 0 fully saturated rings. The number of carbonyl (C=O) groups is 1. The minimum Gasteiger partial charge on any atom is -0.482 e. The van der Waals surface area contributed by atoms with E-state index in [1.807, 2.05) is 6.07 Å². The average molecular weight is 551 g/mol. The van der Waals surface area contributed by atoms with E-state index in [0.717, 1.165) is 17.5 Å². The Balaban J connectivity index is 1.64. The Morgan fingerprint density at radius 2 is 2.03 bits per heavy atom. The van der Waals surface area contributed by atoms with Gasteiger partial charge in [0.25, 0.3) is 11.3 Å². The molecule has 1 heterocycles. The third kappa shape index (κ3) is 5.37. The van der Waals surface area contributed by atoms with E-state index in [2.05, 4.69) is 20.9 Å². The summed E-state index contributed by atoms with van der Waals surface area (Å²) < 4.78 is 48.7. The second-order valence-electron chi connectivity index (χ2n) is 7.51. The summed E-state index contributed by atoms with van der Waals surface area (Å²) in [5.74, 6) is -0.412. The first kappa shape index (κ1) is 24.1. The number of halogens is 2. The van der Waals surface area contributed by atoms with Crippen LogP contribution in [-0.4, -0.2) is 31.4 Å². The first-order valence-electron chi connectivity index (χ1n) is 10.3. The monoisotopic (exact) mass is 550 g/mol. The lowest BCUT2D eigenvalue weighted by Crippen LogP contribution is -2.33. The van der Waals surface area contributed by atoms with Gasteiger partial charge in [0.2, 0.25) is 5.88 Å². The van der Waals surface area contributed by atoms with Crippen molar-refractivity contribution in [2.45, 2.75) is 25.3 Å².